The van der Waals surface area contributed by atoms with Crippen LogP contribution in [-0.4, -0.2) is 53.3 Å². The lowest BCUT2D eigenvalue weighted by Crippen LogP contribution is -2.55. The van der Waals surface area contributed by atoms with E-state index < -0.39 is 49.4 Å². The third kappa shape index (κ3) is 7.55. The lowest BCUT2D eigenvalue weighted by atomic mass is 9.91. The Morgan fingerprint density at radius 1 is 0.977 bits per heavy atom. The predicted molar refractivity (Wildman–Crippen MR) is 171 cm³/mol. The van der Waals surface area contributed by atoms with Crippen LogP contribution in [0.2, 0.25) is 18.1 Å². The summed E-state index contributed by atoms with van der Waals surface area (Å²) in [5, 5.41) is 23.5. The smallest absolute Gasteiger partial charge is 0.412 e. The van der Waals surface area contributed by atoms with E-state index in [1.54, 1.807) is 12.1 Å². The van der Waals surface area contributed by atoms with Crippen LogP contribution in [0, 0.1) is 10.1 Å². The molecule has 0 aromatic heterocycles. The molecule has 10 heteroatoms. The number of nitro benzene ring substituents is 1. The highest BCUT2D eigenvalue weighted by molar-refractivity contribution is 6.74. The van der Waals surface area contributed by atoms with E-state index in [9.17, 15) is 20.0 Å². The first-order chi connectivity index (χ1) is 20.6. The van der Waals surface area contributed by atoms with Gasteiger partial charge >= 0.3 is 6.09 Å². The summed E-state index contributed by atoms with van der Waals surface area (Å²) >= 11 is 0. The van der Waals surface area contributed by atoms with Crippen LogP contribution in [0.1, 0.15) is 57.4 Å². The first-order valence-electron chi connectivity index (χ1n) is 14.9. The summed E-state index contributed by atoms with van der Waals surface area (Å²) in [6.07, 6.45) is -3.58. The summed E-state index contributed by atoms with van der Waals surface area (Å²) in [4.78, 5) is 25.9. The highest BCUT2D eigenvalue weighted by Gasteiger charge is 2.53. The van der Waals surface area contributed by atoms with Crippen molar-refractivity contribution in [3.8, 4) is 0 Å². The second-order valence-corrected chi connectivity index (χ2v) is 18.2. The molecule has 44 heavy (non-hydrogen) atoms. The lowest BCUT2D eigenvalue weighted by Gasteiger charge is -2.44. The topological polar surface area (TPSA) is 111 Å². The number of non-ortho nitro benzene ring substituents is 1. The van der Waals surface area contributed by atoms with Crippen molar-refractivity contribution < 1.29 is 28.7 Å². The summed E-state index contributed by atoms with van der Waals surface area (Å²) < 4.78 is 19.3. The van der Waals surface area contributed by atoms with Crippen molar-refractivity contribution in [3.63, 3.8) is 0 Å². The number of aliphatic hydroxyl groups is 1. The first-order valence-corrected chi connectivity index (χ1v) is 17.8. The normalized spacial score (nSPS) is 18.9. The number of nitrogens with zero attached hydrogens (tertiary/aromatic N) is 2. The van der Waals surface area contributed by atoms with Gasteiger partial charge in [-0.25, -0.2) is 4.79 Å². The molecule has 9 nitrogen and oxygen atoms in total. The zero-order valence-corrected chi connectivity index (χ0v) is 27.6. The maximum absolute atomic E-state index is 13.5. The maximum atomic E-state index is 13.5. The van der Waals surface area contributed by atoms with E-state index in [4.69, 9.17) is 13.9 Å². The van der Waals surface area contributed by atoms with Gasteiger partial charge in [-0.05, 0) is 67.2 Å². The highest BCUT2D eigenvalue weighted by atomic mass is 28.4. The minimum Gasteiger partial charge on any atom is -0.441 e. The number of rotatable bonds is 12. The quantitative estimate of drug-likeness (QED) is 0.128. The molecular formula is C34H44N2O7Si. The van der Waals surface area contributed by atoms with E-state index in [0.29, 0.717) is 12.0 Å². The van der Waals surface area contributed by atoms with E-state index in [2.05, 4.69) is 33.9 Å². The lowest BCUT2D eigenvalue weighted by molar-refractivity contribution is -0.384. The van der Waals surface area contributed by atoms with Crippen LogP contribution in [0.4, 0.5) is 10.5 Å². The van der Waals surface area contributed by atoms with Gasteiger partial charge in [-0.2, -0.15) is 0 Å². The molecule has 1 fully saturated rings. The molecule has 0 aliphatic carbocycles. The minimum absolute atomic E-state index is 0.0603. The number of hydrogen-bond acceptors (Lipinski definition) is 7. The number of carbonyl (C=O) groups is 1. The van der Waals surface area contributed by atoms with Gasteiger partial charge in [-0.1, -0.05) is 81.4 Å². The predicted octanol–water partition coefficient (Wildman–Crippen LogP) is 7.40. The average Bonchev–Trinajstić information content (AvgIpc) is 3.19. The van der Waals surface area contributed by atoms with E-state index >= 15 is 0 Å². The Morgan fingerprint density at radius 2 is 1.52 bits per heavy atom. The van der Waals surface area contributed by atoms with Gasteiger partial charge in [0.15, 0.2) is 14.5 Å². The number of cyclic esters (lactones) is 1. The van der Waals surface area contributed by atoms with Gasteiger partial charge in [0.2, 0.25) is 0 Å². The van der Waals surface area contributed by atoms with Gasteiger partial charge in [0, 0.05) is 12.1 Å². The number of carbonyl (C=O) groups excluding carboxylic acids is 1. The number of benzene rings is 3. The van der Waals surface area contributed by atoms with Crippen LogP contribution in [0.5, 0.6) is 0 Å². The Balaban J connectivity index is 1.81. The molecule has 0 bridgehead atoms. The Hall–Kier alpha value is -3.57. The van der Waals surface area contributed by atoms with Crippen LogP contribution in [0.3, 0.4) is 0 Å². The van der Waals surface area contributed by atoms with Gasteiger partial charge in [0.05, 0.1) is 17.6 Å². The molecule has 236 valence electrons. The standard InChI is InChI=1S/C34H44N2O7Si/c1-33(2,3)44(6,7)43-29(26-18-20-27(21-19-26)36(39)40)30(41-23-25-16-12-9-13-17-25)31(37)35-28(34(4,5)42-32(35)38)22-24-14-10-8-11-15-24/h8-21,28-31,37H,22-23H2,1-7H3/t28-,29+,30-,31-/m0/s1. The third-order valence-corrected chi connectivity index (χ3v) is 13.2. The zero-order chi connectivity index (χ0) is 32.3. The number of amides is 1. The summed E-state index contributed by atoms with van der Waals surface area (Å²) in [6.45, 7) is 14.3. The molecule has 4 atom stereocenters. The summed E-state index contributed by atoms with van der Waals surface area (Å²) in [5.41, 5.74) is 1.51. The van der Waals surface area contributed by atoms with Gasteiger partial charge in [0.25, 0.3) is 5.69 Å². The molecule has 1 amide bonds. The fraction of sp³-hybridized carbons (Fsp3) is 0.441. The molecule has 0 spiro atoms. The van der Waals surface area contributed by atoms with Crippen molar-refractivity contribution in [2.75, 3.05) is 0 Å². The van der Waals surface area contributed by atoms with Crippen molar-refractivity contribution in [1.82, 2.24) is 4.90 Å². The molecule has 3 aromatic carbocycles. The molecular weight excluding hydrogens is 576 g/mol. The Bertz CT molecular complexity index is 1410. The molecule has 3 aromatic rings. The van der Waals surface area contributed by atoms with Gasteiger partial charge < -0.3 is 19.0 Å². The van der Waals surface area contributed by atoms with Crippen molar-refractivity contribution >= 4 is 20.1 Å². The highest BCUT2D eigenvalue weighted by Crippen LogP contribution is 2.43. The van der Waals surface area contributed by atoms with Gasteiger partial charge in [0.1, 0.15) is 17.8 Å². The third-order valence-electron chi connectivity index (χ3n) is 8.79. The summed E-state index contributed by atoms with van der Waals surface area (Å²) in [7, 11) is -2.53. The molecule has 1 heterocycles. The van der Waals surface area contributed by atoms with Crippen molar-refractivity contribution in [2.24, 2.45) is 0 Å². The minimum atomic E-state index is -2.53. The summed E-state index contributed by atoms with van der Waals surface area (Å²) in [6, 6.07) is 24.9. The van der Waals surface area contributed by atoms with Crippen LogP contribution >= 0.6 is 0 Å². The van der Waals surface area contributed by atoms with Crippen molar-refractivity contribution in [3.05, 3.63) is 112 Å². The van der Waals surface area contributed by atoms with Crippen LogP contribution in [0.25, 0.3) is 0 Å². The molecule has 0 radical (unpaired) electrons. The monoisotopic (exact) mass is 620 g/mol. The first kappa shape index (κ1) is 33.3. The van der Waals surface area contributed by atoms with Crippen molar-refractivity contribution in [2.45, 2.75) is 95.9 Å². The number of hydrogen-bond donors (Lipinski definition) is 1. The fourth-order valence-electron chi connectivity index (χ4n) is 5.14. The van der Waals surface area contributed by atoms with Crippen LogP contribution in [-0.2, 0) is 26.9 Å². The largest absolute Gasteiger partial charge is 0.441 e. The second kappa shape index (κ2) is 13.2. The summed E-state index contributed by atoms with van der Waals surface area (Å²) in [5.74, 6) is 0. The fourth-order valence-corrected chi connectivity index (χ4v) is 6.40. The Kier molecular flexibility index (Phi) is 9.99. The van der Waals surface area contributed by atoms with Gasteiger partial charge in [-0.15, -0.1) is 0 Å². The Morgan fingerprint density at radius 3 is 2.05 bits per heavy atom. The van der Waals surface area contributed by atoms with Crippen LogP contribution < -0.4 is 0 Å². The van der Waals surface area contributed by atoms with E-state index in [-0.39, 0.29) is 17.3 Å². The van der Waals surface area contributed by atoms with E-state index in [1.807, 2.05) is 74.5 Å². The zero-order valence-electron chi connectivity index (χ0n) is 26.6. The molecule has 0 unspecified atom stereocenters. The number of nitro groups is 1. The average molecular weight is 621 g/mol. The number of aliphatic hydroxyl groups excluding tert-OH is 1. The SMILES string of the molecule is CC1(C)OC(=O)N([C@@H](O)[C@@H](OCc2ccccc2)[C@H](O[Si](C)(C)C(C)(C)C)c2ccc([N+](=O)[O-])cc2)[C@H]1Cc1ccccc1. The molecule has 1 saturated heterocycles. The van der Waals surface area contributed by atoms with Crippen LogP contribution in [0.15, 0.2) is 84.9 Å². The molecule has 1 aliphatic rings. The molecule has 0 saturated carbocycles. The Labute approximate surface area is 261 Å². The molecule has 1 N–H and O–H groups in total. The maximum Gasteiger partial charge on any atom is 0.412 e. The molecule has 1 aliphatic heterocycles. The van der Waals surface area contributed by atoms with Gasteiger partial charge in [-0.3, -0.25) is 15.0 Å². The van der Waals surface area contributed by atoms with E-state index in [1.165, 1.54) is 17.0 Å². The second-order valence-electron chi connectivity index (χ2n) is 13.4. The number of ether oxygens (including phenoxy) is 2. The molecule has 4 rings (SSSR count). The van der Waals surface area contributed by atoms with Crippen molar-refractivity contribution in [1.29, 1.82) is 0 Å². The van der Waals surface area contributed by atoms with E-state index in [0.717, 1.165) is 11.1 Å².